The number of aromatic amines is 1. The van der Waals surface area contributed by atoms with E-state index in [0.717, 1.165) is 34.2 Å². The highest BCUT2D eigenvalue weighted by Gasteiger charge is 2.26. The molecule has 0 spiro atoms. The number of anilines is 1. The van der Waals surface area contributed by atoms with Crippen molar-refractivity contribution in [3.8, 4) is 0 Å². The van der Waals surface area contributed by atoms with Gasteiger partial charge in [0.2, 0.25) is 5.91 Å². The molecule has 0 aliphatic heterocycles. The van der Waals surface area contributed by atoms with Crippen LogP contribution >= 0.6 is 22.7 Å². The minimum absolute atomic E-state index is 0.104. The van der Waals surface area contributed by atoms with E-state index in [1.807, 2.05) is 25.1 Å². The minimum atomic E-state index is -1.10. The molecule has 13 heteroatoms. The number of thiophene rings is 1. The van der Waals surface area contributed by atoms with Crippen LogP contribution in [0.4, 0.5) is 5.13 Å². The van der Waals surface area contributed by atoms with E-state index in [0.29, 0.717) is 17.0 Å². The Bertz CT molecular complexity index is 1460. The summed E-state index contributed by atoms with van der Waals surface area (Å²) in [6.07, 6.45) is 3.29. The molecule has 1 atom stereocenters. The Kier molecular flexibility index (Phi) is 9.39. The number of amides is 3. The number of esters is 1. The number of aryl methyl sites for hydroxylation is 1. The fraction of sp³-hybridized carbons (Fsp3) is 0.308. The Balaban J connectivity index is 1.40. The molecule has 3 heterocycles. The number of rotatable bonds is 12. The molecular formula is C26H28N6O5S2. The molecule has 0 unspecified atom stereocenters. The van der Waals surface area contributed by atoms with Crippen molar-refractivity contribution in [2.24, 2.45) is 0 Å². The minimum Gasteiger partial charge on any atom is -0.464 e. The third-order valence-electron chi connectivity index (χ3n) is 5.72. The van der Waals surface area contributed by atoms with Crippen molar-refractivity contribution >= 4 is 62.4 Å². The van der Waals surface area contributed by atoms with Gasteiger partial charge in [0.25, 0.3) is 11.8 Å². The molecular weight excluding hydrogens is 540 g/mol. The van der Waals surface area contributed by atoms with Crippen LogP contribution in [0.3, 0.4) is 0 Å². The Labute approximate surface area is 232 Å². The second-order valence-corrected chi connectivity index (χ2v) is 10.6. The second kappa shape index (κ2) is 13.1. The van der Waals surface area contributed by atoms with Crippen LogP contribution in [0.15, 0.2) is 41.9 Å². The predicted octanol–water partition coefficient (Wildman–Crippen LogP) is 3.44. The van der Waals surface area contributed by atoms with E-state index in [-0.39, 0.29) is 41.4 Å². The third-order valence-corrected chi connectivity index (χ3v) is 7.66. The normalized spacial score (nSPS) is 11.6. The van der Waals surface area contributed by atoms with E-state index >= 15 is 0 Å². The van der Waals surface area contributed by atoms with Gasteiger partial charge >= 0.3 is 5.97 Å². The number of nitrogens with zero attached hydrogens (tertiary/aromatic N) is 2. The number of fused-ring (bicyclic) bond motifs is 1. The van der Waals surface area contributed by atoms with E-state index in [4.69, 9.17) is 4.74 Å². The third kappa shape index (κ3) is 7.27. The zero-order valence-corrected chi connectivity index (χ0v) is 23.0. The average molecular weight is 569 g/mol. The SMILES string of the molecule is CCCCOC(=O)[C@H](CNC(=O)c1cccs1)NC(=O)c1sc(NC(=O)Cc2cccc3[nH]ncc23)nc1C. The molecule has 0 bridgehead atoms. The Morgan fingerprint density at radius 3 is 2.74 bits per heavy atom. The number of nitrogens with one attached hydrogen (secondary N) is 4. The van der Waals surface area contributed by atoms with Gasteiger partial charge in [0.05, 0.1) is 35.3 Å². The summed E-state index contributed by atoms with van der Waals surface area (Å²) in [6.45, 7) is 3.67. The molecule has 1 aromatic carbocycles. The van der Waals surface area contributed by atoms with Crippen LogP contribution in [0.25, 0.3) is 10.9 Å². The molecule has 0 aliphatic rings. The first kappa shape index (κ1) is 27.9. The smallest absolute Gasteiger partial charge is 0.330 e. The van der Waals surface area contributed by atoms with Crippen LogP contribution in [-0.4, -0.2) is 58.1 Å². The molecule has 4 N–H and O–H groups in total. The van der Waals surface area contributed by atoms with Gasteiger partial charge in [-0.25, -0.2) is 9.78 Å². The van der Waals surface area contributed by atoms with Gasteiger partial charge in [-0.3, -0.25) is 19.5 Å². The standard InChI is InChI=1S/C26H28N6O5S2/c1-3-4-10-37-25(36)19(14-27-23(34)20-9-6-11-38-20)30-24(35)22-15(2)29-26(39-22)31-21(33)12-16-7-5-8-18-17(16)13-28-32-18/h5-9,11,13,19H,3-4,10,12,14H2,1-2H3,(H,27,34)(H,28,32)(H,30,35)(H,29,31,33)/t19-/m0/s1. The van der Waals surface area contributed by atoms with Crippen molar-refractivity contribution in [2.45, 2.75) is 39.2 Å². The molecule has 4 rings (SSSR count). The molecule has 3 aromatic heterocycles. The van der Waals surface area contributed by atoms with Crippen LogP contribution in [0.1, 0.15) is 50.4 Å². The summed E-state index contributed by atoms with van der Waals surface area (Å²) in [5, 5.41) is 17.8. The number of benzene rings is 1. The van der Waals surface area contributed by atoms with Gasteiger partial charge in [-0.2, -0.15) is 5.10 Å². The highest BCUT2D eigenvalue weighted by Crippen LogP contribution is 2.24. The number of thiazole rings is 1. The maximum atomic E-state index is 13.1. The van der Waals surface area contributed by atoms with E-state index in [1.54, 1.807) is 30.6 Å². The summed E-state index contributed by atoms with van der Waals surface area (Å²) in [6, 6.07) is 7.87. The number of carbonyl (C=O) groups excluding carboxylic acids is 4. The molecule has 0 aliphatic carbocycles. The fourth-order valence-electron chi connectivity index (χ4n) is 3.70. The molecule has 204 valence electrons. The largest absolute Gasteiger partial charge is 0.464 e. The highest BCUT2D eigenvalue weighted by molar-refractivity contribution is 7.17. The summed E-state index contributed by atoms with van der Waals surface area (Å²) in [5.41, 5.74) is 2.03. The number of H-pyrrole nitrogens is 1. The Morgan fingerprint density at radius 2 is 1.97 bits per heavy atom. The van der Waals surface area contributed by atoms with Gasteiger partial charge < -0.3 is 20.7 Å². The first-order valence-electron chi connectivity index (χ1n) is 12.3. The van der Waals surface area contributed by atoms with Crippen molar-refractivity contribution in [2.75, 3.05) is 18.5 Å². The Hall–Kier alpha value is -4.10. The number of aromatic nitrogens is 3. The van der Waals surface area contributed by atoms with Crippen LogP contribution in [0.5, 0.6) is 0 Å². The fourth-order valence-corrected chi connectivity index (χ4v) is 5.23. The summed E-state index contributed by atoms with van der Waals surface area (Å²) < 4.78 is 5.30. The highest BCUT2D eigenvalue weighted by atomic mass is 32.1. The van der Waals surface area contributed by atoms with Gasteiger partial charge in [0, 0.05) is 11.9 Å². The molecule has 0 saturated heterocycles. The molecule has 39 heavy (non-hydrogen) atoms. The lowest BCUT2D eigenvalue weighted by Crippen LogP contribution is -2.49. The lowest BCUT2D eigenvalue weighted by molar-refractivity contribution is -0.145. The van der Waals surface area contributed by atoms with Gasteiger partial charge in [0.15, 0.2) is 5.13 Å². The summed E-state index contributed by atoms with van der Waals surface area (Å²) >= 11 is 2.27. The van der Waals surface area contributed by atoms with E-state index < -0.39 is 17.9 Å². The van der Waals surface area contributed by atoms with Crippen LogP contribution in [0.2, 0.25) is 0 Å². The summed E-state index contributed by atoms with van der Waals surface area (Å²) in [4.78, 5) is 55.9. The molecule has 3 amide bonds. The topological polar surface area (TPSA) is 155 Å². The lowest BCUT2D eigenvalue weighted by Gasteiger charge is -2.18. The molecule has 0 radical (unpaired) electrons. The van der Waals surface area contributed by atoms with Crippen molar-refractivity contribution < 1.29 is 23.9 Å². The average Bonchev–Trinajstić information content (AvgIpc) is 3.68. The van der Waals surface area contributed by atoms with Crippen molar-refractivity contribution in [3.63, 3.8) is 0 Å². The van der Waals surface area contributed by atoms with E-state index in [1.165, 1.54) is 11.3 Å². The van der Waals surface area contributed by atoms with Crippen LogP contribution in [0, 0.1) is 6.92 Å². The maximum absolute atomic E-state index is 13.1. The summed E-state index contributed by atoms with van der Waals surface area (Å²) in [5.74, 6) is -1.85. The van der Waals surface area contributed by atoms with Gasteiger partial charge in [0.1, 0.15) is 10.9 Å². The van der Waals surface area contributed by atoms with Gasteiger partial charge in [-0.05, 0) is 36.4 Å². The predicted molar refractivity (Wildman–Crippen MR) is 149 cm³/mol. The Morgan fingerprint density at radius 1 is 1.13 bits per heavy atom. The maximum Gasteiger partial charge on any atom is 0.330 e. The first-order valence-corrected chi connectivity index (χ1v) is 14.0. The molecule has 4 aromatic rings. The van der Waals surface area contributed by atoms with E-state index in [9.17, 15) is 19.2 Å². The number of hydrogen-bond donors (Lipinski definition) is 4. The number of ether oxygens (including phenoxy) is 1. The first-order chi connectivity index (χ1) is 18.9. The van der Waals surface area contributed by atoms with Crippen LogP contribution < -0.4 is 16.0 Å². The molecule has 0 saturated carbocycles. The molecule has 11 nitrogen and oxygen atoms in total. The van der Waals surface area contributed by atoms with Gasteiger partial charge in [-0.15, -0.1) is 11.3 Å². The quantitative estimate of drug-likeness (QED) is 0.151. The van der Waals surface area contributed by atoms with Gasteiger partial charge in [-0.1, -0.05) is 42.9 Å². The zero-order valence-electron chi connectivity index (χ0n) is 21.4. The lowest BCUT2D eigenvalue weighted by atomic mass is 10.1. The summed E-state index contributed by atoms with van der Waals surface area (Å²) in [7, 11) is 0. The van der Waals surface area contributed by atoms with E-state index in [2.05, 4.69) is 31.1 Å². The monoisotopic (exact) mass is 568 g/mol. The number of unbranched alkanes of at least 4 members (excludes halogenated alkanes) is 1. The number of hydrogen-bond acceptors (Lipinski definition) is 9. The number of carbonyl (C=O) groups is 4. The van der Waals surface area contributed by atoms with Crippen molar-refractivity contribution in [3.05, 3.63) is 62.9 Å². The zero-order chi connectivity index (χ0) is 27.8. The molecule has 0 fully saturated rings. The van der Waals surface area contributed by atoms with Crippen molar-refractivity contribution in [1.82, 2.24) is 25.8 Å². The van der Waals surface area contributed by atoms with Crippen molar-refractivity contribution in [1.29, 1.82) is 0 Å². The van der Waals surface area contributed by atoms with Crippen LogP contribution in [-0.2, 0) is 20.7 Å². The second-order valence-electron chi connectivity index (χ2n) is 8.64.